The number of carbonyl (C=O) groups is 2. The summed E-state index contributed by atoms with van der Waals surface area (Å²) in [6.07, 6.45) is 0.371. The smallest absolute Gasteiger partial charge is 0.220 e. The van der Waals surface area contributed by atoms with Crippen LogP contribution in [0.2, 0.25) is 0 Å². The van der Waals surface area contributed by atoms with E-state index in [2.05, 4.69) is 5.32 Å². The molecule has 0 aliphatic carbocycles. The molecule has 12 heavy (non-hydrogen) atoms. The van der Waals surface area contributed by atoms with E-state index in [1.54, 1.807) is 0 Å². The number of carbonyl (C=O) groups excluding carboxylic acids is 2. The van der Waals surface area contributed by atoms with Gasteiger partial charge in [0.15, 0.2) is 0 Å². The number of nitrogens with one attached hydrogen (secondary N) is 1. The Morgan fingerprint density at radius 3 is 2.42 bits per heavy atom. The quantitative estimate of drug-likeness (QED) is 0.629. The van der Waals surface area contributed by atoms with Crippen molar-refractivity contribution in [2.75, 3.05) is 6.54 Å². The Morgan fingerprint density at radius 1 is 1.50 bits per heavy atom. The van der Waals surface area contributed by atoms with Gasteiger partial charge in [0.25, 0.3) is 0 Å². The number of rotatable bonds is 1. The van der Waals surface area contributed by atoms with Gasteiger partial charge in [-0.05, 0) is 0 Å². The van der Waals surface area contributed by atoms with Crippen molar-refractivity contribution in [2.24, 2.45) is 11.3 Å². The topological polar surface area (TPSA) is 46.2 Å². The predicted molar refractivity (Wildman–Crippen MR) is 45.6 cm³/mol. The zero-order chi connectivity index (χ0) is 9.35. The Kier molecular flexibility index (Phi) is 2.22. The molecule has 1 N–H and O–H groups in total. The van der Waals surface area contributed by atoms with E-state index in [9.17, 15) is 9.59 Å². The van der Waals surface area contributed by atoms with Crippen molar-refractivity contribution in [3.63, 3.8) is 0 Å². The lowest BCUT2D eigenvalue weighted by molar-refractivity contribution is -0.131. The van der Waals surface area contributed by atoms with Crippen LogP contribution in [0.5, 0.6) is 0 Å². The summed E-state index contributed by atoms with van der Waals surface area (Å²) < 4.78 is 0. The van der Waals surface area contributed by atoms with Gasteiger partial charge in [-0.3, -0.25) is 9.59 Å². The van der Waals surface area contributed by atoms with Crippen molar-refractivity contribution < 1.29 is 9.59 Å². The highest BCUT2D eigenvalue weighted by atomic mass is 16.2. The van der Waals surface area contributed by atoms with Crippen molar-refractivity contribution in [3.05, 3.63) is 0 Å². The molecule has 1 heterocycles. The van der Waals surface area contributed by atoms with Crippen LogP contribution in [0.3, 0.4) is 0 Å². The minimum absolute atomic E-state index is 0.00222. The van der Waals surface area contributed by atoms with Gasteiger partial charge < -0.3 is 5.32 Å². The lowest BCUT2D eigenvalue weighted by Gasteiger charge is -2.19. The van der Waals surface area contributed by atoms with Gasteiger partial charge in [0.05, 0.1) is 0 Å². The molecule has 0 spiro atoms. The van der Waals surface area contributed by atoms with Gasteiger partial charge in [0.2, 0.25) is 5.91 Å². The third-order valence-corrected chi connectivity index (χ3v) is 2.09. The Bertz CT molecular complexity index is 215. The standard InChI is InChI=1S/C9H15NO2/c1-9(2,3)8(12)6-4-7(11)10-5-6/h6H,4-5H2,1-3H3,(H,10,11). The molecule has 1 saturated heterocycles. The second kappa shape index (κ2) is 2.88. The third kappa shape index (κ3) is 1.84. The van der Waals surface area contributed by atoms with E-state index >= 15 is 0 Å². The van der Waals surface area contributed by atoms with Crippen LogP contribution in [0.15, 0.2) is 0 Å². The Hall–Kier alpha value is -0.860. The maximum atomic E-state index is 11.6. The zero-order valence-corrected chi connectivity index (χ0v) is 7.81. The zero-order valence-electron chi connectivity index (χ0n) is 7.81. The molecule has 0 radical (unpaired) electrons. The average Bonchev–Trinajstić information content (AvgIpc) is 2.32. The van der Waals surface area contributed by atoms with Crippen LogP contribution < -0.4 is 5.32 Å². The highest BCUT2D eigenvalue weighted by molar-refractivity contribution is 5.92. The first kappa shape index (κ1) is 9.23. The first-order chi connectivity index (χ1) is 5.41. The summed E-state index contributed by atoms with van der Waals surface area (Å²) in [5, 5.41) is 2.66. The van der Waals surface area contributed by atoms with Gasteiger partial charge in [-0.25, -0.2) is 0 Å². The molecule has 68 valence electrons. The summed E-state index contributed by atoms with van der Waals surface area (Å²) in [5.41, 5.74) is -0.322. The summed E-state index contributed by atoms with van der Waals surface area (Å²) >= 11 is 0. The summed E-state index contributed by atoms with van der Waals surface area (Å²) in [7, 11) is 0. The molecule has 0 bridgehead atoms. The molecule has 3 heteroatoms. The molecule has 3 nitrogen and oxygen atoms in total. The number of amides is 1. The van der Waals surface area contributed by atoms with E-state index in [0.29, 0.717) is 13.0 Å². The van der Waals surface area contributed by atoms with Crippen molar-refractivity contribution in [2.45, 2.75) is 27.2 Å². The highest BCUT2D eigenvalue weighted by Gasteiger charge is 2.34. The van der Waals surface area contributed by atoms with Crippen LogP contribution in [-0.2, 0) is 9.59 Å². The lowest BCUT2D eigenvalue weighted by atomic mass is 9.83. The van der Waals surface area contributed by atoms with Crippen LogP contribution in [0, 0.1) is 11.3 Å². The number of ketones is 1. The Balaban J connectivity index is 2.61. The molecular weight excluding hydrogens is 154 g/mol. The average molecular weight is 169 g/mol. The molecule has 1 amide bonds. The number of hydrogen-bond acceptors (Lipinski definition) is 2. The van der Waals surface area contributed by atoms with E-state index in [1.165, 1.54) is 0 Å². The Labute approximate surface area is 72.5 Å². The van der Waals surface area contributed by atoms with E-state index in [1.807, 2.05) is 20.8 Å². The van der Waals surface area contributed by atoms with Gasteiger partial charge in [-0.2, -0.15) is 0 Å². The molecule has 1 rings (SSSR count). The molecule has 0 aromatic rings. The maximum Gasteiger partial charge on any atom is 0.220 e. The fraction of sp³-hybridized carbons (Fsp3) is 0.778. The SMILES string of the molecule is CC(C)(C)C(=O)C1CNC(=O)C1. The van der Waals surface area contributed by atoms with Crippen LogP contribution in [0.25, 0.3) is 0 Å². The van der Waals surface area contributed by atoms with Crippen molar-refractivity contribution in [1.29, 1.82) is 0 Å². The molecule has 0 aromatic heterocycles. The second-order valence-corrected chi connectivity index (χ2v) is 4.32. The van der Waals surface area contributed by atoms with Gasteiger partial charge in [0.1, 0.15) is 5.78 Å². The van der Waals surface area contributed by atoms with Gasteiger partial charge in [-0.15, -0.1) is 0 Å². The fourth-order valence-corrected chi connectivity index (χ4v) is 1.40. The van der Waals surface area contributed by atoms with E-state index in [4.69, 9.17) is 0 Å². The molecule has 1 fully saturated rings. The number of hydrogen-bond donors (Lipinski definition) is 1. The third-order valence-electron chi connectivity index (χ3n) is 2.09. The van der Waals surface area contributed by atoms with Crippen LogP contribution in [0.4, 0.5) is 0 Å². The van der Waals surface area contributed by atoms with Crippen molar-refractivity contribution in [3.8, 4) is 0 Å². The first-order valence-corrected chi connectivity index (χ1v) is 4.22. The summed E-state index contributed by atoms with van der Waals surface area (Å²) in [6, 6.07) is 0. The molecule has 0 aromatic carbocycles. The van der Waals surface area contributed by atoms with Crippen LogP contribution in [-0.4, -0.2) is 18.2 Å². The lowest BCUT2D eigenvalue weighted by Crippen LogP contribution is -2.29. The minimum Gasteiger partial charge on any atom is -0.355 e. The molecule has 1 aliphatic heterocycles. The minimum atomic E-state index is -0.322. The van der Waals surface area contributed by atoms with E-state index in [-0.39, 0.29) is 23.0 Å². The van der Waals surface area contributed by atoms with Crippen LogP contribution >= 0.6 is 0 Å². The largest absolute Gasteiger partial charge is 0.355 e. The molecular formula is C9H15NO2. The monoisotopic (exact) mass is 169 g/mol. The van der Waals surface area contributed by atoms with Gasteiger partial charge >= 0.3 is 0 Å². The Morgan fingerprint density at radius 2 is 2.08 bits per heavy atom. The second-order valence-electron chi connectivity index (χ2n) is 4.32. The van der Waals surface area contributed by atoms with E-state index in [0.717, 1.165) is 0 Å². The molecule has 1 atom stereocenters. The summed E-state index contributed by atoms with van der Waals surface area (Å²) in [4.78, 5) is 22.4. The van der Waals surface area contributed by atoms with Crippen molar-refractivity contribution in [1.82, 2.24) is 5.32 Å². The molecule has 1 aliphatic rings. The van der Waals surface area contributed by atoms with Gasteiger partial charge in [0, 0.05) is 24.3 Å². The summed E-state index contributed by atoms with van der Waals surface area (Å²) in [6.45, 7) is 6.18. The van der Waals surface area contributed by atoms with Crippen molar-refractivity contribution >= 4 is 11.7 Å². The maximum absolute atomic E-state index is 11.6. The highest BCUT2D eigenvalue weighted by Crippen LogP contribution is 2.23. The molecule has 1 unspecified atom stereocenters. The molecule has 0 saturated carbocycles. The normalized spacial score (nSPS) is 23.9. The van der Waals surface area contributed by atoms with E-state index < -0.39 is 0 Å². The summed E-state index contributed by atoms with van der Waals surface area (Å²) in [5.74, 6) is 0.0796. The first-order valence-electron chi connectivity index (χ1n) is 4.22. The van der Waals surface area contributed by atoms with Crippen LogP contribution in [0.1, 0.15) is 27.2 Å². The number of Topliss-reactive ketones (excluding diaryl/α,β-unsaturated/α-hetero) is 1. The van der Waals surface area contributed by atoms with Gasteiger partial charge in [-0.1, -0.05) is 20.8 Å². The fourth-order valence-electron chi connectivity index (χ4n) is 1.40. The predicted octanol–water partition coefficient (Wildman–Crippen LogP) is 0.738.